The molecule has 0 spiro atoms. The lowest BCUT2D eigenvalue weighted by Crippen LogP contribution is -1.93. The van der Waals surface area contributed by atoms with Gasteiger partial charge in [-0.3, -0.25) is 0 Å². The molecule has 274 valence electrons. The predicted molar refractivity (Wildman–Crippen MR) is 257 cm³/mol. The molecular formula is C56H33NS2. The van der Waals surface area contributed by atoms with Gasteiger partial charge in [0.15, 0.2) is 0 Å². The number of thiophene rings is 2. The van der Waals surface area contributed by atoms with Crippen molar-refractivity contribution in [3.63, 3.8) is 0 Å². The molecule has 59 heavy (non-hydrogen) atoms. The molecule has 0 aliphatic heterocycles. The average Bonchev–Trinajstić information content (AvgIpc) is 3.98. The Kier molecular flexibility index (Phi) is 7.12. The monoisotopic (exact) mass is 783 g/mol. The minimum absolute atomic E-state index is 1.18. The molecule has 10 aromatic carbocycles. The molecule has 0 fully saturated rings. The van der Waals surface area contributed by atoms with Gasteiger partial charge < -0.3 is 4.57 Å². The lowest BCUT2D eigenvalue weighted by molar-refractivity contribution is 1.18. The molecule has 0 radical (unpaired) electrons. The van der Waals surface area contributed by atoms with Crippen LogP contribution in [0.5, 0.6) is 0 Å². The van der Waals surface area contributed by atoms with Crippen LogP contribution in [0, 0.1) is 0 Å². The zero-order valence-electron chi connectivity index (χ0n) is 31.8. The third-order valence-electron chi connectivity index (χ3n) is 12.3. The van der Waals surface area contributed by atoms with E-state index in [-0.39, 0.29) is 0 Å². The summed E-state index contributed by atoms with van der Waals surface area (Å²) >= 11 is 3.75. The first-order chi connectivity index (χ1) is 29.2. The first kappa shape index (κ1) is 33.0. The second kappa shape index (κ2) is 12.7. The van der Waals surface area contributed by atoms with Crippen LogP contribution >= 0.6 is 22.7 Å². The van der Waals surface area contributed by atoms with Crippen LogP contribution in [0.4, 0.5) is 0 Å². The molecule has 3 heteroatoms. The van der Waals surface area contributed by atoms with Gasteiger partial charge >= 0.3 is 0 Å². The molecule has 1 nitrogen and oxygen atoms in total. The van der Waals surface area contributed by atoms with Crippen molar-refractivity contribution < 1.29 is 0 Å². The van der Waals surface area contributed by atoms with Crippen LogP contribution < -0.4 is 0 Å². The van der Waals surface area contributed by atoms with Gasteiger partial charge in [0.2, 0.25) is 0 Å². The number of hydrogen-bond donors (Lipinski definition) is 0. The topological polar surface area (TPSA) is 4.93 Å². The van der Waals surface area contributed by atoms with E-state index >= 15 is 0 Å². The molecule has 13 aromatic rings. The highest BCUT2D eigenvalue weighted by Gasteiger charge is 2.18. The van der Waals surface area contributed by atoms with Gasteiger partial charge in [-0.15, -0.1) is 22.7 Å². The summed E-state index contributed by atoms with van der Waals surface area (Å²) in [6, 6.07) is 74.6. The Hall–Kier alpha value is -7.04. The maximum Gasteiger partial charge on any atom is 0.0553 e. The molecule has 0 unspecified atom stereocenters. The quantitative estimate of drug-likeness (QED) is 0.153. The molecule has 0 atom stereocenters. The molecule has 0 N–H and O–H groups in total. The molecule has 3 aromatic heterocycles. The first-order valence-electron chi connectivity index (χ1n) is 20.1. The summed E-state index contributed by atoms with van der Waals surface area (Å²) in [5.41, 5.74) is 13.4. The van der Waals surface area contributed by atoms with Crippen molar-refractivity contribution in [2.45, 2.75) is 0 Å². The summed E-state index contributed by atoms with van der Waals surface area (Å²) < 4.78 is 7.73. The van der Waals surface area contributed by atoms with Crippen LogP contribution in [0.15, 0.2) is 200 Å². The van der Waals surface area contributed by atoms with E-state index in [9.17, 15) is 0 Å². The van der Waals surface area contributed by atoms with Crippen LogP contribution in [-0.2, 0) is 0 Å². The molecule has 0 saturated heterocycles. The number of para-hydroxylation sites is 1. The second-order valence-corrected chi connectivity index (χ2v) is 17.9. The summed E-state index contributed by atoms with van der Waals surface area (Å²) in [5.74, 6) is 0. The van der Waals surface area contributed by atoms with Crippen molar-refractivity contribution in [1.82, 2.24) is 4.57 Å². The van der Waals surface area contributed by atoms with Gasteiger partial charge in [0.05, 0.1) is 11.0 Å². The Morgan fingerprint density at radius 1 is 0.271 bits per heavy atom. The Morgan fingerprint density at radius 3 is 1.39 bits per heavy atom. The van der Waals surface area contributed by atoms with Gasteiger partial charge in [-0.2, -0.15) is 0 Å². The van der Waals surface area contributed by atoms with Crippen molar-refractivity contribution in [3.05, 3.63) is 200 Å². The average molecular weight is 784 g/mol. The van der Waals surface area contributed by atoms with Crippen molar-refractivity contribution >= 4 is 95.6 Å². The third-order valence-corrected chi connectivity index (χ3v) is 14.6. The summed E-state index contributed by atoms with van der Waals surface area (Å²) in [4.78, 5) is 0. The number of aromatic nitrogens is 1. The van der Waals surface area contributed by atoms with Crippen LogP contribution in [-0.4, -0.2) is 4.57 Å². The normalized spacial score (nSPS) is 12.1. The van der Waals surface area contributed by atoms with E-state index in [1.807, 2.05) is 22.7 Å². The van der Waals surface area contributed by atoms with Crippen LogP contribution in [0.25, 0.3) is 123 Å². The highest BCUT2D eigenvalue weighted by atomic mass is 32.1. The predicted octanol–water partition coefficient (Wildman–Crippen LogP) is 16.8. The minimum Gasteiger partial charge on any atom is -0.309 e. The highest BCUT2D eigenvalue weighted by Crippen LogP contribution is 2.43. The van der Waals surface area contributed by atoms with Crippen molar-refractivity contribution in [3.8, 4) is 50.2 Å². The third kappa shape index (κ3) is 5.15. The maximum absolute atomic E-state index is 2.43. The lowest BCUT2D eigenvalue weighted by Gasteiger charge is -2.13. The van der Waals surface area contributed by atoms with E-state index in [1.54, 1.807) is 0 Å². The summed E-state index contributed by atoms with van der Waals surface area (Å²) in [6.07, 6.45) is 0. The highest BCUT2D eigenvalue weighted by molar-refractivity contribution is 7.26. The first-order valence-corrected chi connectivity index (χ1v) is 21.8. The molecule has 3 heterocycles. The fraction of sp³-hybridized carbons (Fsp3) is 0. The minimum atomic E-state index is 1.18. The fourth-order valence-electron chi connectivity index (χ4n) is 9.51. The van der Waals surface area contributed by atoms with Crippen LogP contribution in [0.2, 0.25) is 0 Å². The lowest BCUT2D eigenvalue weighted by atomic mass is 9.92. The van der Waals surface area contributed by atoms with Crippen LogP contribution in [0.1, 0.15) is 0 Å². The molecular weight excluding hydrogens is 751 g/mol. The number of benzene rings is 10. The summed E-state index contributed by atoms with van der Waals surface area (Å²) in [5, 5.41) is 10.5. The van der Waals surface area contributed by atoms with Gasteiger partial charge in [0.25, 0.3) is 0 Å². The molecule has 13 rings (SSSR count). The number of fused-ring (bicyclic) bond motifs is 6. The van der Waals surface area contributed by atoms with E-state index in [1.165, 1.54) is 123 Å². The Labute approximate surface area is 348 Å². The molecule has 0 amide bonds. The van der Waals surface area contributed by atoms with Crippen LogP contribution in [0.3, 0.4) is 0 Å². The smallest absolute Gasteiger partial charge is 0.0553 e. The van der Waals surface area contributed by atoms with E-state index in [4.69, 9.17) is 0 Å². The summed E-state index contributed by atoms with van der Waals surface area (Å²) in [7, 11) is 0. The number of hydrogen-bond acceptors (Lipinski definition) is 2. The molecule has 0 bridgehead atoms. The largest absolute Gasteiger partial charge is 0.309 e. The van der Waals surface area contributed by atoms with Crippen molar-refractivity contribution in [2.24, 2.45) is 0 Å². The zero-order valence-corrected chi connectivity index (χ0v) is 33.4. The molecule has 0 aliphatic rings. The summed E-state index contributed by atoms with van der Waals surface area (Å²) in [6.45, 7) is 0. The second-order valence-electron chi connectivity index (χ2n) is 15.7. The Balaban J connectivity index is 0.955. The van der Waals surface area contributed by atoms with Gasteiger partial charge in [0, 0.05) is 56.8 Å². The number of rotatable bonds is 5. The van der Waals surface area contributed by atoms with E-state index in [0.717, 1.165) is 0 Å². The van der Waals surface area contributed by atoms with Crippen molar-refractivity contribution in [1.29, 1.82) is 0 Å². The van der Waals surface area contributed by atoms with Gasteiger partial charge in [-0.05, 0) is 128 Å². The maximum atomic E-state index is 2.43. The molecule has 0 aliphatic carbocycles. The zero-order chi connectivity index (χ0) is 38.6. The van der Waals surface area contributed by atoms with E-state index in [2.05, 4.69) is 205 Å². The SMILES string of the molecule is c1ccc(-n2c3cccc4ccc5cc(-c6ccc(-c7cc(-c8ccc9c(c8)sc8ccccc89)cc(-c8ccc9c(c8)sc8ccccc89)c7)cc6)cc2c5c43)cc1. The standard InChI is InChI=1S/C56H33NS2/c1-2-10-44(11-3-1)57-49-14-8-9-36-21-22-39-27-43(31-50(57)56(39)55(36)49)35-19-17-34(18-20-35)40-28-41(37-23-25-47-45-12-4-6-15-51(45)58-53(47)32-37)30-42(29-40)38-24-26-48-46-13-5-7-16-52(46)59-54(48)33-38/h1-33H. The Bertz CT molecular complexity index is 3640. The van der Waals surface area contributed by atoms with E-state index < -0.39 is 0 Å². The van der Waals surface area contributed by atoms with Gasteiger partial charge in [-0.25, -0.2) is 0 Å². The number of nitrogens with zero attached hydrogens (tertiary/aromatic N) is 1. The van der Waals surface area contributed by atoms with Gasteiger partial charge in [0.1, 0.15) is 0 Å². The fourth-order valence-corrected chi connectivity index (χ4v) is 11.8. The van der Waals surface area contributed by atoms with Crippen molar-refractivity contribution in [2.75, 3.05) is 0 Å². The Morgan fingerprint density at radius 2 is 0.763 bits per heavy atom. The van der Waals surface area contributed by atoms with E-state index in [0.29, 0.717) is 0 Å². The molecule has 0 saturated carbocycles. The van der Waals surface area contributed by atoms with Gasteiger partial charge in [-0.1, -0.05) is 127 Å².